The van der Waals surface area contributed by atoms with Crippen molar-refractivity contribution >= 4 is 23.5 Å². The van der Waals surface area contributed by atoms with Crippen molar-refractivity contribution in [3.05, 3.63) is 52.6 Å². The number of aliphatic carboxylic acids is 1. The molecule has 0 aliphatic carbocycles. The summed E-state index contributed by atoms with van der Waals surface area (Å²) >= 11 is 5.58. The van der Waals surface area contributed by atoms with Crippen LogP contribution in [0.2, 0.25) is 5.02 Å². The Morgan fingerprint density at radius 2 is 2.19 bits per heavy atom. The van der Waals surface area contributed by atoms with E-state index in [1.807, 2.05) is 0 Å². The summed E-state index contributed by atoms with van der Waals surface area (Å²) in [4.78, 5) is 22.8. The fraction of sp³-hybridized carbons (Fsp3) is 0.154. The summed E-state index contributed by atoms with van der Waals surface area (Å²) in [5.41, 5.74) is 0.288. The Balaban J connectivity index is 2.23. The van der Waals surface area contributed by atoms with Crippen LogP contribution in [0.5, 0.6) is 0 Å². The number of hydrogen-bond donors (Lipinski definition) is 2. The van der Waals surface area contributed by atoms with Gasteiger partial charge in [0.1, 0.15) is 12.1 Å². The molecule has 21 heavy (non-hydrogen) atoms. The molecular formula is C13H10ClFN2O4. The average molecular weight is 313 g/mol. The van der Waals surface area contributed by atoms with E-state index >= 15 is 0 Å². The van der Waals surface area contributed by atoms with E-state index in [2.05, 4.69) is 15.0 Å². The molecule has 6 nitrogen and oxygen atoms in total. The van der Waals surface area contributed by atoms with Crippen molar-refractivity contribution in [1.29, 1.82) is 0 Å². The number of carboxylic acids is 1. The zero-order valence-corrected chi connectivity index (χ0v) is 11.3. The minimum Gasteiger partial charge on any atom is -0.481 e. The first-order chi connectivity index (χ1) is 9.97. The first-order valence-corrected chi connectivity index (χ1v) is 6.23. The number of amides is 1. The third kappa shape index (κ3) is 3.79. The largest absolute Gasteiger partial charge is 0.481 e. The molecule has 1 heterocycles. The Morgan fingerprint density at radius 3 is 2.76 bits per heavy atom. The number of halogens is 2. The topological polar surface area (TPSA) is 92.4 Å². The Morgan fingerprint density at radius 1 is 1.43 bits per heavy atom. The molecule has 2 aromatic rings. The maximum absolute atomic E-state index is 13.5. The van der Waals surface area contributed by atoms with Crippen LogP contribution in [0.3, 0.4) is 0 Å². The third-order valence-corrected chi connectivity index (χ3v) is 3.01. The number of carbonyl (C=O) groups excluding carboxylic acids is 1. The van der Waals surface area contributed by atoms with Crippen molar-refractivity contribution in [2.75, 3.05) is 0 Å². The molecule has 0 aliphatic rings. The summed E-state index contributed by atoms with van der Waals surface area (Å²) in [6, 6.07) is 4.23. The highest BCUT2D eigenvalue weighted by atomic mass is 35.5. The van der Waals surface area contributed by atoms with Crippen LogP contribution in [-0.4, -0.2) is 22.1 Å². The molecule has 2 rings (SSSR count). The summed E-state index contributed by atoms with van der Waals surface area (Å²) in [6.07, 6.45) is 0.799. The van der Waals surface area contributed by atoms with Gasteiger partial charge in [-0.05, 0) is 17.7 Å². The normalized spacial score (nSPS) is 11.9. The number of benzene rings is 1. The monoisotopic (exact) mass is 312 g/mol. The second-order valence-corrected chi connectivity index (χ2v) is 4.59. The van der Waals surface area contributed by atoms with Gasteiger partial charge in [0.15, 0.2) is 5.69 Å². The fourth-order valence-electron chi connectivity index (χ4n) is 1.72. The fourth-order valence-corrected chi connectivity index (χ4v) is 1.84. The number of carboxylic acid groups (broad SMARTS) is 1. The predicted molar refractivity (Wildman–Crippen MR) is 70.4 cm³/mol. The van der Waals surface area contributed by atoms with Crippen molar-refractivity contribution in [2.24, 2.45) is 0 Å². The first kappa shape index (κ1) is 15.0. The number of nitrogens with one attached hydrogen (secondary N) is 1. The van der Waals surface area contributed by atoms with Crippen LogP contribution in [0, 0.1) is 5.82 Å². The van der Waals surface area contributed by atoms with Crippen molar-refractivity contribution in [3.8, 4) is 0 Å². The lowest BCUT2D eigenvalue weighted by Crippen LogP contribution is -2.30. The van der Waals surface area contributed by atoms with Gasteiger partial charge in [-0.1, -0.05) is 22.8 Å². The van der Waals surface area contributed by atoms with Crippen LogP contribution in [0.4, 0.5) is 4.39 Å². The first-order valence-electron chi connectivity index (χ1n) is 5.85. The van der Waals surface area contributed by atoms with E-state index in [1.165, 1.54) is 24.5 Å². The zero-order valence-electron chi connectivity index (χ0n) is 10.5. The molecule has 1 aromatic heterocycles. The number of hydrogen-bond acceptors (Lipinski definition) is 4. The molecule has 0 unspecified atom stereocenters. The van der Waals surface area contributed by atoms with Crippen molar-refractivity contribution in [1.82, 2.24) is 10.5 Å². The number of aromatic nitrogens is 1. The third-order valence-electron chi connectivity index (χ3n) is 2.70. The van der Waals surface area contributed by atoms with Gasteiger partial charge in [0.05, 0.1) is 17.5 Å². The van der Waals surface area contributed by atoms with Gasteiger partial charge < -0.3 is 14.9 Å². The van der Waals surface area contributed by atoms with E-state index in [-0.39, 0.29) is 16.3 Å². The summed E-state index contributed by atoms with van der Waals surface area (Å²) in [5.74, 6) is -2.46. The van der Waals surface area contributed by atoms with E-state index in [4.69, 9.17) is 16.7 Å². The lowest BCUT2D eigenvalue weighted by molar-refractivity contribution is -0.137. The highest BCUT2D eigenvalue weighted by Crippen LogP contribution is 2.22. The van der Waals surface area contributed by atoms with E-state index in [0.29, 0.717) is 0 Å². The molecule has 0 spiro atoms. The van der Waals surface area contributed by atoms with Gasteiger partial charge in [0, 0.05) is 6.07 Å². The summed E-state index contributed by atoms with van der Waals surface area (Å²) in [7, 11) is 0. The lowest BCUT2D eigenvalue weighted by Gasteiger charge is -2.17. The minimum atomic E-state index is -1.14. The van der Waals surface area contributed by atoms with Gasteiger partial charge >= 0.3 is 5.97 Å². The maximum atomic E-state index is 13.5. The summed E-state index contributed by atoms with van der Waals surface area (Å²) in [6.45, 7) is 0. The molecule has 1 amide bonds. The lowest BCUT2D eigenvalue weighted by atomic mass is 10.0. The summed E-state index contributed by atoms with van der Waals surface area (Å²) in [5, 5.41) is 14.7. The molecule has 1 aromatic carbocycles. The van der Waals surface area contributed by atoms with E-state index in [1.54, 1.807) is 0 Å². The highest BCUT2D eigenvalue weighted by molar-refractivity contribution is 6.30. The molecule has 0 saturated carbocycles. The van der Waals surface area contributed by atoms with E-state index < -0.39 is 30.2 Å². The zero-order chi connectivity index (χ0) is 15.4. The van der Waals surface area contributed by atoms with Gasteiger partial charge in [-0.2, -0.15) is 0 Å². The second kappa shape index (κ2) is 6.36. The van der Waals surface area contributed by atoms with E-state index in [9.17, 15) is 14.0 Å². The van der Waals surface area contributed by atoms with Gasteiger partial charge in [-0.3, -0.25) is 9.59 Å². The molecule has 0 bridgehead atoms. The standard InChI is InChI=1S/C13H10ClFN2O4/c14-8-2-1-7(5-9(8)15)11(6-12(18)19)16-13(20)10-3-4-21-17-10/h1-5,11H,6H2,(H,16,20)(H,18,19)/t11-/m1/s1. The number of rotatable bonds is 5. The quantitative estimate of drug-likeness (QED) is 0.884. The molecular weight excluding hydrogens is 303 g/mol. The minimum absolute atomic E-state index is 0.000163. The van der Waals surface area contributed by atoms with E-state index in [0.717, 1.165) is 6.07 Å². The molecule has 0 saturated heterocycles. The second-order valence-electron chi connectivity index (χ2n) is 4.18. The molecule has 1 atom stereocenters. The van der Waals surface area contributed by atoms with Crippen LogP contribution in [0.25, 0.3) is 0 Å². The average Bonchev–Trinajstić information content (AvgIpc) is 2.94. The number of nitrogens with zero attached hydrogens (tertiary/aromatic N) is 1. The predicted octanol–water partition coefficient (Wildman–Crippen LogP) is 2.41. The van der Waals surface area contributed by atoms with Gasteiger partial charge in [0.25, 0.3) is 5.91 Å². The van der Waals surface area contributed by atoms with Crippen molar-refractivity contribution in [2.45, 2.75) is 12.5 Å². The van der Waals surface area contributed by atoms with Crippen LogP contribution in [-0.2, 0) is 4.79 Å². The van der Waals surface area contributed by atoms with Crippen molar-refractivity contribution in [3.63, 3.8) is 0 Å². The maximum Gasteiger partial charge on any atom is 0.305 e. The Bertz CT molecular complexity index is 660. The highest BCUT2D eigenvalue weighted by Gasteiger charge is 2.21. The Labute approximate surface area is 123 Å². The molecule has 8 heteroatoms. The Kier molecular flexibility index (Phi) is 4.54. The Hall–Kier alpha value is -2.41. The SMILES string of the molecule is O=C(O)C[C@@H](NC(=O)c1ccon1)c1ccc(Cl)c(F)c1. The smallest absolute Gasteiger partial charge is 0.305 e. The van der Waals surface area contributed by atoms with Crippen LogP contribution < -0.4 is 5.32 Å². The molecule has 110 valence electrons. The van der Waals surface area contributed by atoms with Crippen LogP contribution in [0.1, 0.15) is 28.5 Å². The molecule has 0 fully saturated rings. The molecule has 0 aliphatic heterocycles. The molecule has 0 radical (unpaired) electrons. The van der Waals surface area contributed by atoms with Gasteiger partial charge in [0.2, 0.25) is 0 Å². The van der Waals surface area contributed by atoms with Gasteiger partial charge in [-0.25, -0.2) is 4.39 Å². The molecule has 2 N–H and O–H groups in total. The van der Waals surface area contributed by atoms with Crippen LogP contribution in [0.15, 0.2) is 35.1 Å². The number of carbonyl (C=O) groups is 2. The van der Waals surface area contributed by atoms with Crippen LogP contribution >= 0.6 is 11.6 Å². The summed E-state index contributed by atoms with van der Waals surface area (Å²) < 4.78 is 18.0. The van der Waals surface area contributed by atoms with Crippen molar-refractivity contribution < 1.29 is 23.6 Å². The van der Waals surface area contributed by atoms with Gasteiger partial charge in [-0.15, -0.1) is 0 Å².